The van der Waals surface area contributed by atoms with E-state index < -0.39 is 6.10 Å². The summed E-state index contributed by atoms with van der Waals surface area (Å²) >= 11 is 4.70. The number of thiophene rings is 1. The molecule has 0 aliphatic carbocycles. The molecule has 0 radical (unpaired) electrons. The van der Waals surface area contributed by atoms with Crippen LogP contribution in [-0.4, -0.2) is 12.2 Å². The molecule has 1 unspecified atom stereocenters. The molecule has 0 aliphatic heterocycles. The smallest absolute Gasteiger partial charge is 0.135 e. The topological polar surface area (TPSA) is 29.5 Å². The Morgan fingerprint density at radius 2 is 2.22 bits per heavy atom. The summed E-state index contributed by atoms with van der Waals surface area (Å²) < 4.78 is 19.5. The minimum absolute atomic E-state index is 0.224. The van der Waals surface area contributed by atoms with Crippen molar-refractivity contribution in [3.05, 3.63) is 50.4 Å². The predicted octanol–water partition coefficient (Wildman–Crippen LogP) is 3.93. The number of aliphatic hydroxyl groups is 1. The van der Waals surface area contributed by atoms with E-state index >= 15 is 0 Å². The third-order valence-corrected chi connectivity index (χ3v) is 4.09. The van der Waals surface area contributed by atoms with E-state index in [1.807, 2.05) is 5.38 Å². The lowest BCUT2D eigenvalue weighted by Gasteiger charge is -2.12. The van der Waals surface area contributed by atoms with Gasteiger partial charge in [0, 0.05) is 10.9 Å². The van der Waals surface area contributed by atoms with Crippen LogP contribution < -0.4 is 4.74 Å². The third kappa shape index (κ3) is 2.91. The van der Waals surface area contributed by atoms with E-state index in [0.717, 1.165) is 9.35 Å². The van der Waals surface area contributed by atoms with Gasteiger partial charge in [-0.1, -0.05) is 15.9 Å². The quantitative estimate of drug-likeness (QED) is 0.920. The number of halogens is 2. The molecule has 0 saturated heterocycles. The number of aliphatic hydroxyl groups excluding tert-OH is 1. The first-order valence-corrected chi connectivity index (χ1v) is 7.02. The van der Waals surface area contributed by atoms with Gasteiger partial charge in [-0.2, -0.15) is 0 Å². The molecule has 0 aliphatic rings. The molecule has 0 spiro atoms. The van der Waals surface area contributed by atoms with Crippen LogP contribution in [0.25, 0.3) is 0 Å². The fourth-order valence-corrected chi connectivity index (χ4v) is 2.98. The van der Waals surface area contributed by atoms with Gasteiger partial charge in [0.2, 0.25) is 0 Å². The Labute approximate surface area is 117 Å². The number of hydrogen-bond donors (Lipinski definition) is 1. The SMILES string of the molecule is COc1ccsc1C(O)Cc1cc(Br)ccc1F. The molecule has 0 bridgehead atoms. The predicted molar refractivity (Wildman–Crippen MR) is 73.6 cm³/mol. The van der Waals surface area contributed by atoms with Gasteiger partial charge in [0.1, 0.15) is 11.6 Å². The molecule has 0 saturated carbocycles. The van der Waals surface area contributed by atoms with Gasteiger partial charge in [-0.3, -0.25) is 0 Å². The van der Waals surface area contributed by atoms with Gasteiger partial charge in [-0.25, -0.2) is 4.39 Å². The summed E-state index contributed by atoms with van der Waals surface area (Å²) in [6.07, 6.45) is -0.536. The second kappa shape index (κ2) is 5.82. The highest BCUT2D eigenvalue weighted by Crippen LogP contribution is 2.33. The lowest BCUT2D eigenvalue weighted by atomic mass is 10.1. The highest BCUT2D eigenvalue weighted by Gasteiger charge is 2.17. The van der Waals surface area contributed by atoms with Crippen molar-refractivity contribution in [2.75, 3.05) is 7.11 Å². The number of ether oxygens (including phenoxy) is 1. The molecule has 0 amide bonds. The highest BCUT2D eigenvalue weighted by molar-refractivity contribution is 9.10. The third-order valence-electron chi connectivity index (χ3n) is 2.60. The lowest BCUT2D eigenvalue weighted by Crippen LogP contribution is -2.03. The Morgan fingerprint density at radius 3 is 2.94 bits per heavy atom. The Kier molecular flexibility index (Phi) is 4.37. The van der Waals surface area contributed by atoms with Gasteiger partial charge in [0.25, 0.3) is 0 Å². The van der Waals surface area contributed by atoms with Crippen LogP contribution in [0, 0.1) is 5.82 Å². The van der Waals surface area contributed by atoms with Crippen LogP contribution >= 0.6 is 27.3 Å². The van der Waals surface area contributed by atoms with Gasteiger partial charge in [-0.05, 0) is 35.2 Å². The Balaban J connectivity index is 2.21. The summed E-state index contributed by atoms with van der Waals surface area (Å²) in [5.74, 6) is 0.329. The highest BCUT2D eigenvalue weighted by atomic mass is 79.9. The summed E-state index contributed by atoms with van der Waals surface area (Å²) in [6, 6.07) is 6.49. The van der Waals surface area contributed by atoms with Crippen molar-refractivity contribution in [2.24, 2.45) is 0 Å². The van der Waals surface area contributed by atoms with Gasteiger partial charge in [-0.15, -0.1) is 11.3 Å². The van der Waals surface area contributed by atoms with Crippen LogP contribution in [0.15, 0.2) is 34.1 Å². The van der Waals surface area contributed by atoms with Gasteiger partial charge in [0.15, 0.2) is 0 Å². The first-order valence-electron chi connectivity index (χ1n) is 5.35. The number of hydrogen-bond acceptors (Lipinski definition) is 3. The van der Waals surface area contributed by atoms with Crippen LogP contribution in [0.4, 0.5) is 4.39 Å². The summed E-state index contributed by atoms with van der Waals surface area (Å²) in [4.78, 5) is 0.719. The normalized spacial score (nSPS) is 12.4. The molecule has 1 heterocycles. The second-order valence-electron chi connectivity index (χ2n) is 3.81. The summed E-state index contributed by atoms with van der Waals surface area (Å²) in [6.45, 7) is 0. The summed E-state index contributed by atoms with van der Waals surface area (Å²) in [5, 5.41) is 12.0. The zero-order valence-corrected chi connectivity index (χ0v) is 12.1. The summed E-state index contributed by atoms with van der Waals surface area (Å²) in [7, 11) is 1.55. The fourth-order valence-electron chi connectivity index (χ4n) is 1.72. The monoisotopic (exact) mass is 330 g/mol. The minimum Gasteiger partial charge on any atom is -0.495 e. The van der Waals surface area contributed by atoms with Crippen molar-refractivity contribution in [3.8, 4) is 5.75 Å². The molecule has 18 heavy (non-hydrogen) atoms. The van der Waals surface area contributed by atoms with Crippen LogP contribution in [0.3, 0.4) is 0 Å². The van der Waals surface area contributed by atoms with Crippen LogP contribution in [0.5, 0.6) is 5.75 Å². The lowest BCUT2D eigenvalue weighted by molar-refractivity contribution is 0.177. The number of methoxy groups -OCH3 is 1. The molecular weight excluding hydrogens is 319 g/mol. The molecule has 2 nitrogen and oxygen atoms in total. The maximum Gasteiger partial charge on any atom is 0.135 e. The zero-order chi connectivity index (χ0) is 13.1. The summed E-state index contributed by atoms with van der Waals surface area (Å²) in [5.41, 5.74) is 0.479. The van der Waals surface area contributed by atoms with E-state index in [1.54, 1.807) is 25.3 Å². The van der Waals surface area contributed by atoms with Crippen molar-refractivity contribution in [2.45, 2.75) is 12.5 Å². The Bertz CT molecular complexity index is 542. The van der Waals surface area contributed by atoms with Crippen molar-refractivity contribution in [1.29, 1.82) is 0 Å². The number of benzene rings is 1. The molecule has 0 fully saturated rings. The first-order chi connectivity index (χ1) is 8.61. The van der Waals surface area contributed by atoms with E-state index in [-0.39, 0.29) is 12.2 Å². The van der Waals surface area contributed by atoms with Crippen LogP contribution in [0.1, 0.15) is 16.5 Å². The van der Waals surface area contributed by atoms with Crippen molar-refractivity contribution < 1.29 is 14.2 Å². The zero-order valence-electron chi connectivity index (χ0n) is 9.69. The van der Waals surface area contributed by atoms with Gasteiger partial charge in [0.05, 0.1) is 18.1 Å². The van der Waals surface area contributed by atoms with E-state index in [4.69, 9.17) is 4.74 Å². The molecule has 5 heteroatoms. The maximum atomic E-state index is 13.6. The fraction of sp³-hybridized carbons (Fsp3) is 0.231. The van der Waals surface area contributed by atoms with E-state index in [2.05, 4.69) is 15.9 Å². The Morgan fingerprint density at radius 1 is 1.44 bits per heavy atom. The molecular formula is C13H12BrFO2S. The van der Waals surface area contributed by atoms with Crippen molar-refractivity contribution in [1.82, 2.24) is 0 Å². The van der Waals surface area contributed by atoms with Gasteiger partial charge < -0.3 is 9.84 Å². The van der Waals surface area contributed by atoms with E-state index in [1.165, 1.54) is 17.4 Å². The number of rotatable bonds is 4. The molecule has 2 aromatic rings. The van der Waals surface area contributed by atoms with Crippen LogP contribution in [0.2, 0.25) is 0 Å². The Hall–Kier alpha value is -0.910. The van der Waals surface area contributed by atoms with Crippen molar-refractivity contribution >= 4 is 27.3 Å². The standard InChI is InChI=1S/C13H12BrFO2S/c1-17-12-4-5-18-13(12)11(16)7-8-6-9(14)2-3-10(8)15/h2-6,11,16H,7H2,1H3. The minimum atomic E-state index is -0.760. The molecule has 1 atom stereocenters. The van der Waals surface area contributed by atoms with Crippen LogP contribution in [-0.2, 0) is 6.42 Å². The average molecular weight is 331 g/mol. The molecule has 1 N–H and O–H groups in total. The van der Waals surface area contributed by atoms with Gasteiger partial charge >= 0.3 is 0 Å². The molecule has 1 aromatic carbocycles. The van der Waals surface area contributed by atoms with E-state index in [0.29, 0.717) is 11.3 Å². The largest absolute Gasteiger partial charge is 0.495 e. The molecule has 1 aromatic heterocycles. The van der Waals surface area contributed by atoms with Crippen molar-refractivity contribution in [3.63, 3.8) is 0 Å². The maximum absolute atomic E-state index is 13.6. The average Bonchev–Trinajstić information content (AvgIpc) is 2.82. The molecule has 2 rings (SSSR count). The molecule has 96 valence electrons. The second-order valence-corrected chi connectivity index (χ2v) is 5.67. The first kappa shape index (κ1) is 13.5. The van der Waals surface area contributed by atoms with E-state index in [9.17, 15) is 9.50 Å².